The smallest absolute Gasteiger partial charge is 0.255 e. The van der Waals surface area contributed by atoms with E-state index in [-0.39, 0.29) is 16.0 Å². The molecule has 0 saturated heterocycles. The standard InChI is InChI=1S/C14H14Cl2N2O2/c1-2-18(8-10-4-3-5-20-10)14(19)11-6-9(17)7-12(15)13(11)16/h3-7H,2,8,17H2,1H3. The van der Waals surface area contributed by atoms with Crippen molar-refractivity contribution in [3.8, 4) is 0 Å². The van der Waals surface area contributed by atoms with Gasteiger partial charge in [-0.05, 0) is 31.2 Å². The van der Waals surface area contributed by atoms with Gasteiger partial charge in [0.1, 0.15) is 5.76 Å². The third-order valence-electron chi connectivity index (χ3n) is 2.88. The lowest BCUT2D eigenvalue weighted by molar-refractivity contribution is 0.0741. The minimum atomic E-state index is -0.233. The summed E-state index contributed by atoms with van der Waals surface area (Å²) in [5, 5.41) is 0.479. The molecule has 1 amide bonds. The summed E-state index contributed by atoms with van der Waals surface area (Å²) in [5.41, 5.74) is 6.41. The molecular weight excluding hydrogens is 299 g/mol. The van der Waals surface area contributed by atoms with Crippen molar-refractivity contribution >= 4 is 34.8 Å². The fraction of sp³-hybridized carbons (Fsp3) is 0.214. The molecule has 2 aromatic rings. The number of nitrogens with two attached hydrogens (primary N) is 1. The molecule has 0 aliphatic rings. The first-order valence-electron chi connectivity index (χ1n) is 6.09. The normalized spacial score (nSPS) is 10.6. The van der Waals surface area contributed by atoms with E-state index in [4.69, 9.17) is 33.4 Å². The van der Waals surface area contributed by atoms with Crippen molar-refractivity contribution in [2.45, 2.75) is 13.5 Å². The number of nitrogens with zero attached hydrogens (tertiary/aromatic N) is 1. The molecule has 2 rings (SSSR count). The highest BCUT2D eigenvalue weighted by molar-refractivity contribution is 6.44. The van der Waals surface area contributed by atoms with Gasteiger partial charge in [0.15, 0.2) is 0 Å². The van der Waals surface area contributed by atoms with E-state index in [9.17, 15) is 4.79 Å². The zero-order chi connectivity index (χ0) is 14.7. The van der Waals surface area contributed by atoms with Crippen LogP contribution in [0, 0.1) is 0 Å². The Kier molecular flexibility index (Phi) is 4.57. The van der Waals surface area contributed by atoms with Crippen LogP contribution >= 0.6 is 23.2 Å². The SMILES string of the molecule is CCN(Cc1ccco1)C(=O)c1cc(N)cc(Cl)c1Cl. The highest BCUT2D eigenvalue weighted by Crippen LogP contribution is 2.29. The van der Waals surface area contributed by atoms with Crippen molar-refractivity contribution in [3.63, 3.8) is 0 Å². The van der Waals surface area contributed by atoms with Crippen LogP contribution in [0.2, 0.25) is 10.0 Å². The summed E-state index contributed by atoms with van der Waals surface area (Å²) >= 11 is 12.0. The molecule has 0 unspecified atom stereocenters. The number of rotatable bonds is 4. The van der Waals surface area contributed by atoms with Gasteiger partial charge in [0.25, 0.3) is 5.91 Å². The lowest BCUT2D eigenvalue weighted by Gasteiger charge is -2.20. The second kappa shape index (κ2) is 6.20. The molecule has 0 radical (unpaired) electrons. The second-order valence-corrected chi connectivity index (χ2v) is 5.05. The van der Waals surface area contributed by atoms with Gasteiger partial charge in [-0.1, -0.05) is 23.2 Å². The summed E-state index contributed by atoms with van der Waals surface area (Å²) in [5.74, 6) is 0.467. The Hall–Kier alpha value is -1.65. The Balaban J connectivity index is 2.29. The van der Waals surface area contributed by atoms with Gasteiger partial charge in [-0.25, -0.2) is 0 Å². The Bertz CT molecular complexity index is 612. The Labute approximate surface area is 127 Å². The summed E-state index contributed by atoms with van der Waals surface area (Å²) < 4.78 is 5.25. The maximum Gasteiger partial charge on any atom is 0.255 e. The monoisotopic (exact) mass is 312 g/mol. The molecule has 1 aromatic heterocycles. The van der Waals surface area contributed by atoms with Crippen molar-refractivity contribution < 1.29 is 9.21 Å². The molecule has 20 heavy (non-hydrogen) atoms. The van der Waals surface area contributed by atoms with Gasteiger partial charge in [0.2, 0.25) is 0 Å². The van der Waals surface area contributed by atoms with Crippen LogP contribution < -0.4 is 5.73 Å². The Morgan fingerprint density at radius 2 is 2.15 bits per heavy atom. The topological polar surface area (TPSA) is 59.5 Å². The molecule has 106 valence electrons. The summed E-state index contributed by atoms with van der Waals surface area (Å²) in [6.07, 6.45) is 1.57. The first-order chi connectivity index (χ1) is 9.52. The molecular formula is C14H14Cl2N2O2. The maximum atomic E-state index is 12.5. The van der Waals surface area contributed by atoms with E-state index in [1.165, 1.54) is 12.1 Å². The fourth-order valence-electron chi connectivity index (χ4n) is 1.85. The van der Waals surface area contributed by atoms with Crippen molar-refractivity contribution in [2.75, 3.05) is 12.3 Å². The number of anilines is 1. The predicted octanol–water partition coefficient (Wildman–Crippen LogP) is 3.83. The molecule has 0 aliphatic heterocycles. The summed E-state index contributed by atoms with van der Waals surface area (Å²) in [6, 6.07) is 6.63. The zero-order valence-corrected chi connectivity index (χ0v) is 12.4. The number of amides is 1. The van der Waals surface area contributed by atoms with Crippen LogP contribution in [0.3, 0.4) is 0 Å². The zero-order valence-electron chi connectivity index (χ0n) is 10.9. The Morgan fingerprint density at radius 3 is 2.75 bits per heavy atom. The highest BCUT2D eigenvalue weighted by Gasteiger charge is 2.20. The largest absolute Gasteiger partial charge is 0.467 e. The summed E-state index contributed by atoms with van der Waals surface area (Å²) in [6.45, 7) is 2.76. The van der Waals surface area contributed by atoms with Crippen LogP contribution in [-0.2, 0) is 6.54 Å². The molecule has 6 heteroatoms. The van der Waals surface area contributed by atoms with Gasteiger partial charge in [0.05, 0.1) is 28.4 Å². The number of benzene rings is 1. The molecule has 0 fully saturated rings. The van der Waals surface area contributed by atoms with Gasteiger partial charge in [-0.2, -0.15) is 0 Å². The van der Waals surface area contributed by atoms with Crippen LogP contribution in [0.25, 0.3) is 0 Å². The van der Waals surface area contributed by atoms with E-state index in [0.29, 0.717) is 30.1 Å². The van der Waals surface area contributed by atoms with E-state index in [1.807, 2.05) is 13.0 Å². The molecule has 1 heterocycles. The average Bonchev–Trinajstić information content (AvgIpc) is 2.92. The van der Waals surface area contributed by atoms with Gasteiger partial charge < -0.3 is 15.1 Å². The number of nitrogen functional groups attached to an aromatic ring is 1. The van der Waals surface area contributed by atoms with Crippen LogP contribution in [0.5, 0.6) is 0 Å². The maximum absolute atomic E-state index is 12.5. The van der Waals surface area contributed by atoms with Crippen molar-refractivity contribution in [2.24, 2.45) is 0 Å². The minimum absolute atomic E-state index is 0.212. The van der Waals surface area contributed by atoms with E-state index in [2.05, 4.69) is 0 Å². The molecule has 0 spiro atoms. The molecule has 4 nitrogen and oxygen atoms in total. The summed E-state index contributed by atoms with van der Waals surface area (Å²) in [4.78, 5) is 14.1. The first kappa shape index (κ1) is 14.8. The molecule has 0 atom stereocenters. The number of carbonyl (C=O) groups excluding carboxylic acids is 1. The van der Waals surface area contributed by atoms with E-state index in [1.54, 1.807) is 17.2 Å². The van der Waals surface area contributed by atoms with E-state index in [0.717, 1.165) is 0 Å². The molecule has 2 N–H and O–H groups in total. The molecule has 1 aromatic carbocycles. The number of carbonyl (C=O) groups is 1. The van der Waals surface area contributed by atoms with Crippen LogP contribution in [0.1, 0.15) is 23.0 Å². The number of hydrogen-bond acceptors (Lipinski definition) is 3. The third kappa shape index (κ3) is 3.08. The molecule has 0 aliphatic carbocycles. The fourth-order valence-corrected chi connectivity index (χ4v) is 2.27. The lowest BCUT2D eigenvalue weighted by Crippen LogP contribution is -2.30. The van der Waals surface area contributed by atoms with Crippen molar-refractivity contribution in [1.29, 1.82) is 0 Å². The van der Waals surface area contributed by atoms with E-state index >= 15 is 0 Å². The van der Waals surface area contributed by atoms with Crippen LogP contribution in [0.4, 0.5) is 5.69 Å². The first-order valence-corrected chi connectivity index (χ1v) is 6.84. The third-order valence-corrected chi connectivity index (χ3v) is 3.68. The number of furan rings is 1. The second-order valence-electron chi connectivity index (χ2n) is 4.26. The lowest BCUT2D eigenvalue weighted by atomic mass is 10.1. The van der Waals surface area contributed by atoms with Crippen LogP contribution in [0.15, 0.2) is 34.9 Å². The van der Waals surface area contributed by atoms with Crippen LogP contribution in [-0.4, -0.2) is 17.4 Å². The summed E-state index contributed by atoms with van der Waals surface area (Å²) in [7, 11) is 0. The van der Waals surface area contributed by atoms with Gasteiger partial charge in [0, 0.05) is 12.2 Å². The van der Waals surface area contributed by atoms with Gasteiger partial charge in [-0.15, -0.1) is 0 Å². The van der Waals surface area contributed by atoms with Crippen molar-refractivity contribution in [1.82, 2.24) is 4.90 Å². The number of halogens is 2. The average molecular weight is 313 g/mol. The minimum Gasteiger partial charge on any atom is -0.467 e. The Morgan fingerprint density at radius 1 is 1.40 bits per heavy atom. The van der Waals surface area contributed by atoms with Gasteiger partial charge in [-0.3, -0.25) is 4.79 Å². The highest BCUT2D eigenvalue weighted by atomic mass is 35.5. The molecule has 0 saturated carbocycles. The van der Waals surface area contributed by atoms with Gasteiger partial charge >= 0.3 is 0 Å². The predicted molar refractivity (Wildman–Crippen MR) is 80.0 cm³/mol. The number of hydrogen-bond donors (Lipinski definition) is 1. The van der Waals surface area contributed by atoms with E-state index < -0.39 is 0 Å². The van der Waals surface area contributed by atoms with Crippen molar-refractivity contribution in [3.05, 3.63) is 51.9 Å². The quantitative estimate of drug-likeness (QED) is 0.873. The molecule has 0 bridgehead atoms.